The van der Waals surface area contributed by atoms with Crippen LogP contribution < -0.4 is 0 Å². The molecule has 1 aliphatic rings. The van der Waals surface area contributed by atoms with E-state index in [0.29, 0.717) is 12.3 Å². The van der Waals surface area contributed by atoms with Gasteiger partial charge in [0.25, 0.3) is 0 Å². The maximum absolute atomic E-state index is 12.2. The lowest BCUT2D eigenvalue weighted by Crippen LogP contribution is -2.44. The standard InChI is InChI=1S/C26H43NO2/c1-2-3-4-5-6-7-8-9-10-11-12-16-19-25-21-24(22-26(28)27(25)29)20-23-17-14-13-15-18-23/h13-15,17-18,24-25,29H,2-12,16,19-22H2,1H3/t24-,25+/m1/s1. The molecule has 2 atom stereocenters. The van der Waals surface area contributed by atoms with Gasteiger partial charge in [0.05, 0.1) is 6.04 Å². The molecule has 0 bridgehead atoms. The summed E-state index contributed by atoms with van der Waals surface area (Å²) in [6, 6.07) is 10.4. The first-order valence-electron chi connectivity index (χ1n) is 12.3. The summed E-state index contributed by atoms with van der Waals surface area (Å²) < 4.78 is 0. The molecule has 0 spiro atoms. The molecule has 1 aromatic rings. The summed E-state index contributed by atoms with van der Waals surface area (Å²) in [6.07, 6.45) is 19.3. The Morgan fingerprint density at radius 3 is 2.00 bits per heavy atom. The molecule has 0 aliphatic carbocycles. The summed E-state index contributed by atoms with van der Waals surface area (Å²) >= 11 is 0. The fourth-order valence-electron chi connectivity index (χ4n) is 4.68. The zero-order valence-corrected chi connectivity index (χ0v) is 18.7. The Morgan fingerprint density at radius 2 is 1.41 bits per heavy atom. The second kappa shape index (κ2) is 14.6. The van der Waals surface area contributed by atoms with Gasteiger partial charge in [0.15, 0.2) is 0 Å². The number of benzene rings is 1. The van der Waals surface area contributed by atoms with Gasteiger partial charge in [-0.2, -0.15) is 0 Å². The van der Waals surface area contributed by atoms with E-state index in [-0.39, 0.29) is 11.9 Å². The van der Waals surface area contributed by atoms with Crippen molar-refractivity contribution in [3.05, 3.63) is 35.9 Å². The number of unbranched alkanes of at least 4 members (excludes halogenated alkanes) is 11. The van der Waals surface area contributed by atoms with Crippen LogP contribution >= 0.6 is 0 Å². The van der Waals surface area contributed by atoms with Gasteiger partial charge in [0.1, 0.15) is 0 Å². The molecule has 0 radical (unpaired) electrons. The van der Waals surface area contributed by atoms with Crippen molar-refractivity contribution in [3.8, 4) is 0 Å². The molecular weight excluding hydrogens is 358 g/mol. The third kappa shape index (κ3) is 9.80. The number of hydrogen-bond donors (Lipinski definition) is 1. The highest BCUT2D eigenvalue weighted by atomic mass is 16.5. The molecule has 1 amide bonds. The van der Waals surface area contributed by atoms with Crippen molar-refractivity contribution in [1.82, 2.24) is 5.06 Å². The molecule has 1 heterocycles. The molecule has 2 rings (SSSR count). The van der Waals surface area contributed by atoms with Crippen molar-refractivity contribution in [2.45, 2.75) is 116 Å². The van der Waals surface area contributed by atoms with Crippen LogP contribution in [0.4, 0.5) is 0 Å². The number of carbonyl (C=O) groups is 1. The fraction of sp³-hybridized carbons (Fsp3) is 0.731. The lowest BCUT2D eigenvalue weighted by atomic mass is 9.85. The summed E-state index contributed by atoms with van der Waals surface area (Å²) in [7, 11) is 0. The van der Waals surface area contributed by atoms with E-state index in [2.05, 4.69) is 31.2 Å². The molecular formula is C26H43NO2. The normalized spacial score (nSPS) is 19.7. The lowest BCUT2D eigenvalue weighted by Gasteiger charge is -2.35. The molecule has 1 fully saturated rings. The summed E-state index contributed by atoms with van der Waals surface area (Å²) in [5.74, 6) is 0.261. The van der Waals surface area contributed by atoms with Crippen LogP contribution in [0.1, 0.15) is 109 Å². The van der Waals surface area contributed by atoms with Crippen molar-refractivity contribution < 1.29 is 10.0 Å². The largest absolute Gasteiger partial charge is 0.286 e. The first kappa shape index (κ1) is 23.9. The third-order valence-electron chi connectivity index (χ3n) is 6.43. The highest BCUT2D eigenvalue weighted by Gasteiger charge is 2.32. The van der Waals surface area contributed by atoms with E-state index < -0.39 is 0 Å². The van der Waals surface area contributed by atoms with Gasteiger partial charge < -0.3 is 0 Å². The van der Waals surface area contributed by atoms with Crippen LogP contribution in [0.3, 0.4) is 0 Å². The van der Waals surface area contributed by atoms with Gasteiger partial charge in [-0.3, -0.25) is 10.0 Å². The zero-order chi connectivity index (χ0) is 20.7. The molecule has 164 valence electrons. The molecule has 1 aromatic carbocycles. The monoisotopic (exact) mass is 401 g/mol. The zero-order valence-electron chi connectivity index (χ0n) is 18.7. The number of amides is 1. The van der Waals surface area contributed by atoms with Crippen molar-refractivity contribution >= 4 is 5.91 Å². The predicted molar refractivity (Wildman–Crippen MR) is 121 cm³/mol. The first-order chi connectivity index (χ1) is 14.2. The van der Waals surface area contributed by atoms with Crippen LogP contribution in [-0.2, 0) is 11.2 Å². The number of rotatable bonds is 15. The van der Waals surface area contributed by atoms with E-state index in [9.17, 15) is 10.0 Å². The first-order valence-corrected chi connectivity index (χ1v) is 12.3. The van der Waals surface area contributed by atoms with E-state index >= 15 is 0 Å². The highest BCUT2D eigenvalue weighted by molar-refractivity contribution is 5.76. The van der Waals surface area contributed by atoms with Gasteiger partial charge in [-0.15, -0.1) is 0 Å². The van der Waals surface area contributed by atoms with Crippen molar-refractivity contribution in [2.24, 2.45) is 5.92 Å². The third-order valence-corrected chi connectivity index (χ3v) is 6.43. The van der Waals surface area contributed by atoms with Gasteiger partial charge in [-0.1, -0.05) is 114 Å². The topological polar surface area (TPSA) is 40.5 Å². The number of piperidine rings is 1. The average molecular weight is 402 g/mol. The lowest BCUT2D eigenvalue weighted by molar-refractivity contribution is -0.186. The van der Waals surface area contributed by atoms with E-state index in [1.165, 1.54) is 76.2 Å². The Morgan fingerprint density at radius 1 is 0.862 bits per heavy atom. The predicted octanol–water partition coefficient (Wildman–Crippen LogP) is 7.32. The maximum atomic E-state index is 12.2. The molecule has 29 heavy (non-hydrogen) atoms. The number of hydroxylamine groups is 2. The maximum Gasteiger partial charge on any atom is 0.246 e. The Hall–Kier alpha value is -1.35. The molecule has 0 saturated carbocycles. The Balaban J connectivity index is 1.54. The SMILES string of the molecule is CCCCCCCCCCCCCC[C@H]1C[C@@H](Cc2ccccc2)CC(=O)N1O. The van der Waals surface area contributed by atoms with Gasteiger partial charge in [0, 0.05) is 6.42 Å². The number of nitrogens with zero attached hydrogens (tertiary/aromatic N) is 1. The fourth-order valence-corrected chi connectivity index (χ4v) is 4.68. The van der Waals surface area contributed by atoms with E-state index in [4.69, 9.17) is 0 Å². The molecule has 1 N–H and O–H groups in total. The van der Waals surface area contributed by atoms with Gasteiger partial charge >= 0.3 is 0 Å². The minimum Gasteiger partial charge on any atom is -0.286 e. The van der Waals surface area contributed by atoms with E-state index in [0.717, 1.165) is 30.7 Å². The van der Waals surface area contributed by atoms with Gasteiger partial charge in [0.2, 0.25) is 5.91 Å². The highest BCUT2D eigenvalue weighted by Crippen LogP contribution is 2.29. The summed E-state index contributed by atoms with van der Waals surface area (Å²) in [4.78, 5) is 12.2. The van der Waals surface area contributed by atoms with Crippen LogP contribution in [-0.4, -0.2) is 22.2 Å². The molecule has 3 heteroatoms. The van der Waals surface area contributed by atoms with Crippen molar-refractivity contribution in [1.29, 1.82) is 0 Å². The number of hydrogen-bond acceptors (Lipinski definition) is 2. The molecule has 3 nitrogen and oxygen atoms in total. The quantitative estimate of drug-likeness (QED) is 0.247. The van der Waals surface area contributed by atoms with Crippen LogP contribution in [0.15, 0.2) is 30.3 Å². The van der Waals surface area contributed by atoms with Crippen molar-refractivity contribution in [3.63, 3.8) is 0 Å². The smallest absolute Gasteiger partial charge is 0.246 e. The molecule has 0 unspecified atom stereocenters. The number of carbonyl (C=O) groups excluding carboxylic acids is 1. The van der Waals surface area contributed by atoms with E-state index in [1.807, 2.05) is 6.07 Å². The van der Waals surface area contributed by atoms with Crippen LogP contribution in [0.2, 0.25) is 0 Å². The second-order valence-electron chi connectivity index (χ2n) is 9.07. The minimum atomic E-state index is -0.0962. The van der Waals surface area contributed by atoms with Crippen molar-refractivity contribution in [2.75, 3.05) is 0 Å². The Kier molecular flexibility index (Phi) is 12.0. The summed E-state index contributed by atoms with van der Waals surface area (Å²) in [5.41, 5.74) is 1.29. The average Bonchev–Trinajstić information content (AvgIpc) is 2.73. The van der Waals surface area contributed by atoms with Crippen LogP contribution in [0.25, 0.3) is 0 Å². The van der Waals surface area contributed by atoms with Crippen LogP contribution in [0.5, 0.6) is 0 Å². The molecule has 1 aliphatic heterocycles. The molecule has 0 aromatic heterocycles. The van der Waals surface area contributed by atoms with Crippen LogP contribution in [0, 0.1) is 5.92 Å². The second-order valence-corrected chi connectivity index (χ2v) is 9.07. The van der Waals surface area contributed by atoms with Gasteiger partial charge in [-0.25, -0.2) is 5.06 Å². The molecule has 1 saturated heterocycles. The van der Waals surface area contributed by atoms with E-state index in [1.54, 1.807) is 0 Å². The minimum absolute atomic E-state index is 0.00748. The Bertz CT molecular complexity index is 545. The Labute approximate surface area is 178 Å². The van der Waals surface area contributed by atoms with Gasteiger partial charge in [-0.05, 0) is 30.7 Å². The summed E-state index contributed by atoms with van der Waals surface area (Å²) in [5, 5.41) is 11.2. The summed E-state index contributed by atoms with van der Waals surface area (Å²) in [6.45, 7) is 2.27.